The minimum Gasteiger partial charge on any atom is -0.490 e. The Morgan fingerprint density at radius 3 is 2.67 bits per heavy atom. The van der Waals surface area contributed by atoms with Crippen molar-refractivity contribution < 1.29 is 13.9 Å². The van der Waals surface area contributed by atoms with Crippen molar-refractivity contribution in [2.24, 2.45) is 7.05 Å². The van der Waals surface area contributed by atoms with Crippen LogP contribution in [0.25, 0.3) is 22.5 Å². The Kier molecular flexibility index (Phi) is 7.33. The van der Waals surface area contributed by atoms with Gasteiger partial charge in [0.1, 0.15) is 29.6 Å². The van der Waals surface area contributed by atoms with Crippen LogP contribution in [0.3, 0.4) is 0 Å². The Morgan fingerprint density at radius 1 is 1.02 bits per heavy atom. The molecule has 0 saturated carbocycles. The van der Waals surface area contributed by atoms with E-state index in [1.807, 2.05) is 32.4 Å². The SMILES string of the molecule is Cc1c(-c2cnc3cc2O[C@@H](C)CCOc2c(cnn2C)-c2nccc(n2)N3)cnn1C1CCN(CCF)CC1. The van der Waals surface area contributed by atoms with Crippen molar-refractivity contribution in [3.05, 3.63) is 42.6 Å². The molecule has 0 aliphatic carbocycles. The molecule has 0 amide bonds. The zero-order valence-corrected chi connectivity index (χ0v) is 23.0. The van der Waals surface area contributed by atoms with Crippen molar-refractivity contribution in [1.82, 2.24) is 39.4 Å². The predicted molar refractivity (Wildman–Crippen MR) is 149 cm³/mol. The molecule has 1 fully saturated rings. The Balaban J connectivity index is 1.31. The van der Waals surface area contributed by atoms with Crippen LogP contribution in [0.15, 0.2) is 36.9 Å². The molecule has 0 spiro atoms. The number of hydrogen-bond donors (Lipinski definition) is 1. The lowest BCUT2D eigenvalue weighted by atomic mass is 10.0. The van der Waals surface area contributed by atoms with Gasteiger partial charge in [-0.15, -0.1) is 0 Å². The van der Waals surface area contributed by atoms with Crippen molar-refractivity contribution in [3.63, 3.8) is 0 Å². The van der Waals surface area contributed by atoms with Crippen LogP contribution in [-0.4, -0.2) is 78.4 Å². The van der Waals surface area contributed by atoms with Crippen LogP contribution >= 0.6 is 0 Å². The van der Waals surface area contributed by atoms with Gasteiger partial charge in [-0.25, -0.2) is 24.0 Å². The fourth-order valence-electron chi connectivity index (χ4n) is 5.41. The molecule has 4 aromatic heterocycles. The lowest BCUT2D eigenvalue weighted by Gasteiger charge is -2.32. The van der Waals surface area contributed by atoms with Crippen LogP contribution in [0.1, 0.15) is 37.9 Å². The fourth-order valence-corrected chi connectivity index (χ4v) is 5.41. The highest BCUT2D eigenvalue weighted by Crippen LogP contribution is 2.37. The van der Waals surface area contributed by atoms with Crippen molar-refractivity contribution in [1.29, 1.82) is 0 Å². The van der Waals surface area contributed by atoms with Gasteiger partial charge < -0.3 is 19.7 Å². The summed E-state index contributed by atoms with van der Waals surface area (Å²) in [5.74, 6) is 3.04. The van der Waals surface area contributed by atoms with Gasteiger partial charge in [-0.2, -0.15) is 10.2 Å². The number of nitrogens with one attached hydrogen (secondary N) is 1. The first-order chi connectivity index (χ1) is 19.5. The Hall–Kier alpha value is -4.06. The zero-order chi connectivity index (χ0) is 27.6. The van der Waals surface area contributed by atoms with Crippen molar-refractivity contribution in [3.8, 4) is 34.1 Å². The number of nitrogens with zero attached hydrogens (tertiary/aromatic N) is 8. The number of ether oxygens (including phenoxy) is 2. The van der Waals surface area contributed by atoms with Gasteiger partial charge in [-0.05, 0) is 32.8 Å². The molecule has 12 heteroatoms. The average molecular weight is 548 g/mol. The number of anilines is 2. The van der Waals surface area contributed by atoms with Gasteiger partial charge in [0.05, 0.1) is 31.1 Å². The third-order valence-electron chi connectivity index (χ3n) is 7.63. The predicted octanol–water partition coefficient (Wildman–Crippen LogP) is 4.34. The van der Waals surface area contributed by atoms with E-state index in [1.54, 1.807) is 23.1 Å². The summed E-state index contributed by atoms with van der Waals surface area (Å²) < 4.78 is 29.2. The van der Waals surface area contributed by atoms with Gasteiger partial charge in [-0.1, -0.05) is 0 Å². The van der Waals surface area contributed by atoms with Crippen molar-refractivity contribution >= 4 is 11.6 Å². The topological polar surface area (TPSA) is 108 Å². The monoisotopic (exact) mass is 547 g/mol. The van der Waals surface area contributed by atoms with E-state index < -0.39 is 0 Å². The molecule has 4 aromatic rings. The highest BCUT2D eigenvalue weighted by Gasteiger charge is 2.25. The first kappa shape index (κ1) is 26.2. The molecule has 1 atom stereocenters. The van der Waals surface area contributed by atoms with Gasteiger partial charge in [0.25, 0.3) is 0 Å². The summed E-state index contributed by atoms with van der Waals surface area (Å²) >= 11 is 0. The Bertz CT molecular complexity index is 1480. The highest BCUT2D eigenvalue weighted by molar-refractivity contribution is 5.74. The van der Waals surface area contributed by atoms with E-state index in [1.165, 1.54) is 0 Å². The molecule has 6 heterocycles. The summed E-state index contributed by atoms with van der Waals surface area (Å²) in [6.45, 7) is 6.52. The van der Waals surface area contributed by atoms with Crippen LogP contribution in [-0.2, 0) is 7.05 Å². The molecule has 6 rings (SSSR count). The second-order valence-corrected chi connectivity index (χ2v) is 10.4. The molecule has 0 radical (unpaired) electrons. The molecule has 1 N–H and O–H groups in total. The lowest BCUT2D eigenvalue weighted by molar-refractivity contribution is 0.168. The van der Waals surface area contributed by atoms with Gasteiger partial charge >= 0.3 is 0 Å². The summed E-state index contributed by atoms with van der Waals surface area (Å²) in [7, 11) is 1.83. The minimum absolute atomic E-state index is 0.127. The summed E-state index contributed by atoms with van der Waals surface area (Å²) in [5.41, 5.74) is 3.64. The van der Waals surface area contributed by atoms with Crippen LogP contribution in [0.4, 0.5) is 16.0 Å². The van der Waals surface area contributed by atoms with Gasteiger partial charge in [0.2, 0.25) is 5.88 Å². The molecule has 0 aromatic carbocycles. The Morgan fingerprint density at radius 2 is 1.85 bits per heavy atom. The standard InChI is InChI=1S/C28H34FN9O2/c1-18-7-13-39-28-23(17-32-36(28)3)27-30-9-4-25(35-27)34-26-14-24(40-18)22(15-31-26)21-16-33-38(19(21)2)20-5-10-37(11-6-20)12-8-29/h4,9,14-18,20H,5-8,10-13H2,1-3H3,(H,30,31,34,35)/t18-/m0/s1. The van der Waals surface area contributed by atoms with Gasteiger partial charge in [-0.3, -0.25) is 4.68 Å². The second kappa shape index (κ2) is 11.2. The molecule has 4 bridgehead atoms. The van der Waals surface area contributed by atoms with Crippen molar-refractivity contribution in [2.45, 2.75) is 45.3 Å². The molecular formula is C28H34FN9O2. The largest absolute Gasteiger partial charge is 0.490 e. The summed E-state index contributed by atoms with van der Waals surface area (Å²) in [4.78, 5) is 16.0. The molecule has 2 aliphatic heterocycles. The maximum absolute atomic E-state index is 12.8. The minimum atomic E-state index is -0.302. The molecular weight excluding hydrogens is 513 g/mol. The quantitative estimate of drug-likeness (QED) is 0.399. The van der Waals surface area contributed by atoms with E-state index >= 15 is 0 Å². The van der Waals surface area contributed by atoms with Crippen LogP contribution in [0.2, 0.25) is 0 Å². The van der Waals surface area contributed by atoms with E-state index in [4.69, 9.17) is 19.6 Å². The smallest absolute Gasteiger partial charge is 0.222 e. The number of piperidine rings is 1. The number of hydrogen-bond acceptors (Lipinski definition) is 9. The number of aromatic nitrogens is 7. The first-order valence-corrected chi connectivity index (χ1v) is 13.7. The first-order valence-electron chi connectivity index (χ1n) is 13.7. The molecule has 2 aliphatic rings. The number of likely N-dealkylation sites (tertiary alicyclic amines) is 1. The molecule has 40 heavy (non-hydrogen) atoms. The highest BCUT2D eigenvalue weighted by atomic mass is 19.1. The summed E-state index contributed by atoms with van der Waals surface area (Å²) in [6.07, 6.45) is 9.55. The van der Waals surface area contributed by atoms with E-state index in [2.05, 4.69) is 36.9 Å². The molecule has 1 saturated heterocycles. The molecule has 210 valence electrons. The number of alkyl halides is 1. The number of halogens is 1. The second-order valence-electron chi connectivity index (χ2n) is 10.4. The van der Waals surface area contributed by atoms with E-state index in [-0.39, 0.29) is 18.8 Å². The molecule has 11 nitrogen and oxygen atoms in total. The van der Waals surface area contributed by atoms with Gasteiger partial charge in [0, 0.05) is 68.4 Å². The summed E-state index contributed by atoms with van der Waals surface area (Å²) in [6, 6.07) is 3.98. The normalized spacial score (nSPS) is 18.2. The van der Waals surface area contributed by atoms with Crippen LogP contribution in [0.5, 0.6) is 11.6 Å². The number of rotatable bonds is 4. The van der Waals surface area contributed by atoms with E-state index in [0.29, 0.717) is 48.7 Å². The third kappa shape index (κ3) is 5.23. The third-order valence-corrected chi connectivity index (χ3v) is 7.63. The molecule has 0 unspecified atom stereocenters. The van der Waals surface area contributed by atoms with E-state index in [0.717, 1.165) is 48.3 Å². The summed E-state index contributed by atoms with van der Waals surface area (Å²) in [5, 5.41) is 12.4. The fraction of sp³-hybridized carbons (Fsp3) is 0.464. The average Bonchev–Trinajstić information content (AvgIpc) is 3.51. The van der Waals surface area contributed by atoms with Crippen molar-refractivity contribution in [2.75, 3.05) is 38.2 Å². The number of aryl methyl sites for hydroxylation is 1. The van der Waals surface area contributed by atoms with E-state index in [9.17, 15) is 4.39 Å². The van der Waals surface area contributed by atoms with Crippen LogP contribution in [0, 0.1) is 6.92 Å². The number of fused-ring (bicyclic) bond motifs is 6. The van der Waals surface area contributed by atoms with Gasteiger partial charge in [0.15, 0.2) is 5.82 Å². The Labute approximate surface area is 232 Å². The maximum Gasteiger partial charge on any atom is 0.222 e. The van der Waals surface area contributed by atoms with Crippen LogP contribution < -0.4 is 14.8 Å². The zero-order valence-electron chi connectivity index (χ0n) is 23.0. The lowest BCUT2D eigenvalue weighted by Crippen LogP contribution is -2.36. The maximum atomic E-state index is 12.8. The number of pyridine rings is 1.